The molecule has 0 aromatic heterocycles. The summed E-state index contributed by atoms with van der Waals surface area (Å²) < 4.78 is 5.52. The number of nitrogens with zero attached hydrogens (tertiary/aromatic N) is 1. The lowest BCUT2D eigenvalue weighted by molar-refractivity contribution is -0.159. The molecule has 1 aliphatic carbocycles. The van der Waals surface area contributed by atoms with Crippen molar-refractivity contribution in [3.63, 3.8) is 0 Å². The van der Waals surface area contributed by atoms with E-state index < -0.39 is 23.9 Å². The monoisotopic (exact) mass is 426 g/mol. The lowest BCUT2D eigenvalue weighted by Crippen LogP contribution is -2.43. The normalized spacial score (nSPS) is 14.0. The largest absolute Gasteiger partial charge is 0.481 e. The molecular weight excluding hydrogens is 404 g/mol. The molecule has 0 fully saturated rings. The molecule has 6 nitrogen and oxygen atoms in total. The molecule has 3 N–H and O–H groups in total. The lowest BCUT2D eigenvalue weighted by Gasteiger charge is -2.21. The second-order valence-electron chi connectivity index (χ2n) is 7.85. The third-order valence-corrected chi connectivity index (χ3v) is 5.86. The van der Waals surface area contributed by atoms with Crippen LogP contribution < -0.4 is 5.73 Å². The lowest BCUT2D eigenvalue weighted by atomic mass is 9.93. The van der Waals surface area contributed by atoms with Gasteiger partial charge in [0.05, 0.1) is 11.6 Å². The smallest absolute Gasteiger partial charge is 0.321 e. The zero-order valence-electron chi connectivity index (χ0n) is 17.3. The van der Waals surface area contributed by atoms with Gasteiger partial charge >= 0.3 is 11.9 Å². The Balaban J connectivity index is 1.48. The Morgan fingerprint density at radius 1 is 0.969 bits per heavy atom. The molecule has 0 saturated carbocycles. The van der Waals surface area contributed by atoms with E-state index in [1.807, 2.05) is 54.6 Å². The number of carbonyl (C=O) groups is 2. The van der Waals surface area contributed by atoms with Gasteiger partial charge in [-0.2, -0.15) is 5.26 Å². The number of rotatable bonds is 7. The van der Waals surface area contributed by atoms with Crippen LogP contribution in [0.3, 0.4) is 0 Å². The molecule has 6 heteroatoms. The molecule has 0 amide bonds. The van der Waals surface area contributed by atoms with E-state index in [0.717, 1.165) is 27.8 Å². The highest BCUT2D eigenvalue weighted by Crippen LogP contribution is 2.44. The maximum atomic E-state index is 12.8. The van der Waals surface area contributed by atoms with Gasteiger partial charge in [0.2, 0.25) is 0 Å². The van der Waals surface area contributed by atoms with Crippen molar-refractivity contribution in [3.05, 3.63) is 95.1 Å². The Hall–Kier alpha value is -3.95. The van der Waals surface area contributed by atoms with E-state index in [2.05, 4.69) is 0 Å². The highest BCUT2D eigenvalue weighted by Gasteiger charge is 2.36. The van der Waals surface area contributed by atoms with Gasteiger partial charge in [-0.15, -0.1) is 0 Å². The number of nitrogens with two attached hydrogens (primary N) is 1. The highest BCUT2D eigenvalue weighted by atomic mass is 16.5. The first-order valence-electron chi connectivity index (χ1n) is 10.3. The van der Waals surface area contributed by atoms with Gasteiger partial charge in [-0.05, 0) is 46.4 Å². The van der Waals surface area contributed by atoms with E-state index in [1.54, 1.807) is 24.3 Å². The molecule has 0 unspecified atom stereocenters. The number of hydrogen-bond acceptors (Lipinski definition) is 5. The molecule has 0 bridgehead atoms. The first-order valence-corrected chi connectivity index (χ1v) is 10.3. The zero-order chi connectivity index (χ0) is 22.7. The molecule has 0 radical (unpaired) electrons. The number of ether oxygens (including phenoxy) is 1. The number of fused-ring (bicyclic) bond motifs is 3. The summed E-state index contributed by atoms with van der Waals surface area (Å²) in [6, 6.07) is 23.6. The van der Waals surface area contributed by atoms with Crippen LogP contribution in [0.4, 0.5) is 0 Å². The second-order valence-corrected chi connectivity index (χ2v) is 7.85. The van der Waals surface area contributed by atoms with Crippen molar-refractivity contribution in [1.29, 1.82) is 5.26 Å². The first kappa shape index (κ1) is 21.3. The third-order valence-electron chi connectivity index (χ3n) is 5.86. The van der Waals surface area contributed by atoms with Gasteiger partial charge in [0.15, 0.2) is 5.92 Å². The van der Waals surface area contributed by atoms with Crippen LogP contribution in [0.5, 0.6) is 0 Å². The summed E-state index contributed by atoms with van der Waals surface area (Å²) >= 11 is 0. The SMILES string of the molecule is N#Cc1ccc(C[C@@H](N)[C@@H](C(=O)O)C(=O)OCC2c3ccccc3-c3ccccc32)cc1. The molecule has 32 heavy (non-hydrogen) atoms. The molecule has 3 aromatic carbocycles. The van der Waals surface area contributed by atoms with Crippen molar-refractivity contribution in [2.75, 3.05) is 6.61 Å². The van der Waals surface area contributed by atoms with Crippen LogP contribution in [0, 0.1) is 17.2 Å². The molecule has 0 spiro atoms. The number of carboxylic acid groups (broad SMARTS) is 1. The molecule has 2 atom stereocenters. The average Bonchev–Trinajstić information content (AvgIpc) is 3.12. The summed E-state index contributed by atoms with van der Waals surface area (Å²) in [4.78, 5) is 24.6. The fourth-order valence-corrected chi connectivity index (χ4v) is 4.26. The Kier molecular flexibility index (Phi) is 6.02. The summed E-state index contributed by atoms with van der Waals surface area (Å²) in [5.74, 6) is -3.81. The molecule has 0 heterocycles. The van der Waals surface area contributed by atoms with Gasteiger partial charge in [-0.1, -0.05) is 60.7 Å². The van der Waals surface area contributed by atoms with E-state index in [0.29, 0.717) is 5.56 Å². The highest BCUT2D eigenvalue weighted by molar-refractivity contribution is 5.95. The minimum atomic E-state index is -1.49. The maximum Gasteiger partial charge on any atom is 0.321 e. The number of benzene rings is 3. The van der Waals surface area contributed by atoms with Gasteiger partial charge < -0.3 is 15.6 Å². The van der Waals surface area contributed by atoms with Gasteiger partial charge in [0.25, 0.3) is 0 Å². The van der Waals surface area contributed by atoms with E-state index in [-0.39, 0.29) is 18.9 Å². The fourth-order valence-electron chi connectivity index (χ4n) is 4.26. The molecule has 1 aliphatic rings. The van der Waals surface area contributed by atoms with Crippen molar-refractivity contribution in [2.24, 2.45) is 11.7 Å². The standard InChI is InChI=1S/C26H22N2O4/c27-14-17-11-9-16(10-12-17)13-23(28)24(25(29)30)26(31)32-15-22-20-7-3-1-5-18(20)19-6-2-4-8-21(19)22/h1-12,22-24H,13,15,28H2,(H,29,30)/t23-,24+/m1/s1. The van der Waals surface area contributed by atoms with Crippen molar-refractivity contribution < 1.29 is 19.4 Å². The van der Waals surface area contributed by atoms with Crippen LogP contribution in [0.15, 0.2) is 72.8 Å². The van der Waals surface area contributed by atoms with Crippen molar-refractivity contribution >= 4 is 11.9 Å². The predicted molar refractivity (Wildman–Crippen MR) is 119 cm³/mol. The van der Waals surface area contributed by atoms with Crippen LogP contribution in [-0.4, -0.2) is 29.7 Å². The molecule has 0 saturated heterocycles. The average molecular weight is 426 g/mol. The number of esters is 1. The number of aliphatic carboxylic acids is 1. The second kappa shape index (κ2) is 9.04. The fraction of sp³-hybridized carbons (Fsp3) is 0.192. The topological polar surface area (TPSA) is 113 Å². The summed E-state index contributed by atoms with van der Waals surface area (Å²) in [7, 11) is 0. The number of carboxylic acids is 1. The molecule has 4 rings (SSSR count). The van der Waals surface area contributed by atoms with E-state index >= 15 is 0 Å². The summed E-state index contributed by atoms with van der Waals surface area (Å²) in [6.07, 6.45) is 0.173. The van der Waals surface area contributed by atoms with E-state index in [1.165, 1.54) is 0 Å². The third kappa shape index (κ3) is 4.11. The van der Waals surface area contributed by atoms with E-state index in [4.69, 9.17) is 15.7 Å². The minimum absolute atomic E-state index is 0.0419. The summed E-state index contributed by atoms with van der Waals surface area (Å²) in [5.41, 5.74) is 11.6. The number of nitriles is 1. The first-order chi connectivity index (χ1) is 15.5. The van der Waals surface area contributed by atoms with Gasteiger partial charge in [0.1, 0.15) is 6.61 Å². The van der Waals surface area contributed by atoms with Crippen molar-refractivity contribution in [3.8, 4) is 17.2 Å². The molecular formula is C26H22N2O4. The van der Waals surface area contributed by atoms with Crippen LogP contribution in [-0.2, 0) is 20.7 Å². The van der Waals surface area contributed by atoms with E-state index in [9.17, 15) is 14.7 Å². The molecule has 160 valence electrons. The predicted octanol–water partition coefficient (Wildman–Crippen LogP) is 3.48. The summed E-state index contributed by atoms with van der Waals surface area (Å²) in [5, 5.41) is 18.6. The van der Waals surface area contributed by atoms with Crippen molar-refractivity contribution in [1.82, 2.24) is 0 Å². The minimum Gasteiger partial charge on any atom is -0.481 e. The Morgan fingerprint density at radius 2 is 1.53 bits per heavy atom. The van der Waals surface area contributed by atoms with Crippen LogP contribution >= 0.6 is 0 Å². The molecule has 0 aliphatic heterocycles. The van der Waals surface area contributed by atoms with Gasteiger partial charge in [-0.25, -0.2) is 0 Å². The molecule has 3 aromatic rings. The Morgan fingerprint density at radius 3 is 2.06 bits per heavy atom. The number of hydrogen-bond donors (Lipinski definition) is 2. The van der Waals surface area contributed by atoms with Crippen LogP contribution in [0.25, 0.3) is 11.1 Å². The van der Waals surface area contributed by atoms with Crippen LogP contribution in [0.2, 0.25) is 0 Å². The number of carbonyl (C=O) groups excluding carboxylic acids is 1. The van der Waals surface area contributed by atoms with Gasteiger partial charge in [-0.3, -0.25) is 9.59 Å². The Labute approximate surface area is 185 Å². The van der Waals surface area contributed by atoms with Crippen molar-refractivity contribution in [2.45, 2.75) is 18.4 Å². The Bertz CT molecular complexity index is 1150. The van der Waals surface area contributed by atoms with Gasteiger partial charge in [0, 0.05) is 12.0 Å². The summed E-state index contributed by atoms with van der Waals surface area (Å²) in [6.45, 7) is 0.0419. The maximum absolute atomic E-state index is 12.8. The zero-order valence-corrected chi connectivity index (χ0v) is 17.3. The quantitative estimate of drug-likeness (QED) is 0.442. The van der Waals surface area contributed by atoms with Crippen LogP contribution in [0.1, 0.15) is 28.2 Å².